The molecule has 2 rings (SSSR count). The number of rotatable bonds is 6. The molecule has 0 bridgehead atoms. The van der Waals surface area contributed by atoms with Gasteiger partial charge in [0.15, 0.2) is 5.13 Å². The molecule has 1 aliphatic carbocycles. The molecule has 0 aromatic carbocycles. The van der Waals surface area contributed by atoms with E-state index in [1.807, 2.05) is 17.5 Å². The largest absolute Gasteiger partial charge is 0.348 e. The minimum absolute atomic E-state index is 0.707. The van der Waals surface area contributed by atoms with Crippen molar-refractivity contribution in [1.29, 1.82) is 0 Å². The highest BCUT2D eigenvalue weighted by Crippen LogP contribution is 2.29. The molecule has 1 aliphatic rings. The second-order valence-corrected chi connectivity index (χ2v) is 6.78. The number of thiazole rings is 1. The van der Waals surface area contributed by atoms with Crippen molar-refractivity contribution in [3.63, 3.8) is 0 Å². The number of nitrogens with zero attached hydrogens (tertiary/aromatic N) is 2. The summed E-state index contributed by atoms with van der Waals surface area (Å²) in [5.41, 5.74) is 0. The van der Waals surface area contributed by atoms with Crippen LogP contribution in [0.2, 0.25) is 0 Å². The molecule has 1 aromatic rings. The monoisotopic (exact) mass is 267 g/mol. The van der Waals surface area contributed by atoms with Crippen LogP contribution >= 0.6 is 11.3 Å². The van der Waals surface area contributed by atoms with Crippen molar-refractivity contribution in [2.75, 3.05) is 18.5 Å². The Morgan fingerprint density at radius 1 is 1.44 bits per heavy atom. The van der Waals surface area contributed by atoms with Crippen LogP contribution in [0, 0.1) is 5.92 Å². The van der Waals surface area contributed by atoms with Crippen LogP contribution in [0.5, 0.6) is 0 Å². The summed E-state index contributed by atoms with van der Waals surface area (Å²) in [4.78, 5) is 8.28. The summed E-state index contributed by atoms with van der Waals surface area (Å²) in [5.74, 6) is 0.707. The van der Waals surface area contributed by atoms with Gasteiger partial charge in [-0.2, -0.15) is 0 Å². The molecule has 0 atom stereocenters. The van der Waals surface area contributed by atoms with Gasteiger partial charge in [-0.3, -0.25) is 0 Å². The molecule has 3 nitrogen and oxygen atoms in total. The Morgan fingerprint density at radius 2 is 2.17 bits per heavy atom. The standard InChI is InChI=1S/C14H25N3S/c1-11(2)8-15-9-13-10-16-14(18-13)17(3)12-6-4-5-7-12/h10-12,15H,4-9H2,1-3H3. The quantitative estimate of drug-likeness (QED) is 0.857. The van der Waals surface area contributed by atoms with Crippen LogP contribution < -0.4 is 10.2 Å². The van der Waals surface area contributed by atoms with Gasteiger partial charge in [-0.25, -0.2) is 4.98 Å². The lowest BCUT2D eigenvalue weighted by Gasteiger charge is -2.23. The summed E-state index contributed by atoms with van der Waals surface area (Å²) < 4.78 is 0. The van der Waals surface area contributed by atoms with Crippen LogP contribution in [-0.4, -0.2) is 24.6 Å². The number of hydrogen-bond donors (Lipinski definition) is 1. The van der Waals surface area contributed by atoms with Crippen LogP contribution in [0.1, 0.15) is 44.4 Å². The normalized spacial score (nSPS) is 16.7. The van der Waals surface area contributed by atoms with E-state index in [2.05, 4.69) is 36.1 Å². The summed E-state index contributed by atoms with van der Waals surface area (Å²) in [5, 5.41) is 4.66. The molecular formula is C14H25N3S. The lowest BCUT2D eigenvalue weighted by atomic mass is 10.2. The van der Waals surface area contributed by atoms with Crippen LogP contribution in [0.3, 0.4) is 0 Å². The van der Waals surface area contributed by atoms with Crippen molar-refractivity contribution in [2.24, 2.45) is 5.92 Å². The number of aromatic nitrogens is 1. The maximum atomic E-state index is 4.56. The first kappa shape index (κ1) is 13.8. The maximum absolute atomic E-state index is 4.56. The summed E-state index contributed by atoms with van der Waals surface area (Å²) in [6, 6.07) is 0.715. The van der Waals surface area contributed by atoms with Crippen LogP contribution in [0.15, 0.2) is 6.20 Å². The van der Waals surface area contributed by atoms with Crippen LogP contribution in [0.4, 0.5) is 5.13 Å². The zero-order valence-corrected chi connectivity index (χ0v) is 12.6. The highest BCUT2D eigenvalue weighted by atomic mass is 32.1. The summed E-state index contributed by atoms with van der Waals surface area (Å²) in [7, 11) is 2.19. The van der Waals surface area contributed by atoms with Gasteiger partial charge < -0.3 is 10.2 Å². The molecule has 0 amide bonds. The van der Waals surface area contributed by atoms with Crippen molar-refractivity contribution in [3.8, 4) is 0 Å². The fraction of sp³-hybridized carbons (Fsp3) is 0.786. The first-order valence-corrected chi connectivity index (χ1v) is 7.86. The van der Waals surface area contributed by atoms with E-state index in [-0.39, 0.29) is 0 Å². The molecular weight excluding hydrogens is 242 g/mol. The average molecular weight is 267 g/mol. The number of nitrogens with one attached hydrogen (secondary N) is 1. The zero-order chi connectivity index (χ0) is 13.0. The van der Waals surface area contributed by atoms with E-state index in [1.165, 1.54) is 35.7 Å². The number of hydrogen-bond acceptors (Lipinski definition) is 4. The highest BCUT2D eigenvalue weighted by molar-refractivity contribution is 7.15. The molecule has 102 valence electrons. The molecule has 1 saturated carbocycles. The molecule has 1 aromatic heterocycles. The van der Waals surface area contributed by atoms with Gasteiger partial charge in [0.2, 0.25) is 0 Å². The smallest absolute Gasteiger partial charge is 0.185 e. The Morgan fingerprint density at radius 3 is 2.83 bits per heavy atom. The first-order chi connectivity index (χ1) is 8.66. The van der Waals surface area contributed by atoms with Gasteiger partial charge in [0.25, 0.3) is 0 Å². The lowest BCUT2D eigenvalue weighted by molar-refractivity contribution is 0.554. The third-order valence-corrected chi connectivity index (χ3v) is 4.66. The predicted octanol–water partition coefficient (Wildman–Crippen LogP) is 3.27. The second kappa shape index (κ2) is 6.53. The first-order valence-electron chi connectivity index (χ1n) is 7.05. The zero-order valence-electron chi connectivity index (χ0n) is 11.8. The fourth-order valence-corrected chi connectivity index (χ4v) is 3.39. The van der Waals surface area contributed by atoms with Crippen LogP contribution in [-0.2, 0) is 6.54 Å². The Hall–Kier alpha value is -0.610. The van der Waals surface area contributed by atoms with E-state index >= 15 is 0 Å². The SMILES string of the molecule is CC(C)CNCc1cnc(N(C)C2CCCC2)s1. The van der Waals surface area contributed by atoms with Gasteiger partial charge in [-0.05, 0) is 25.3 Å². The Bertz CT molecular complexity index is 356. The van der Waals surface area contributed by atoms with E-state index in [0.29, 0.717) is 12.0 Å². The van der Waals surface area contributed by atoms with E-state index in [4.69, 9.17) is 0 Å². The minimum atomic E-state index is 0.707. The molecule has 0 radical (unpaired) electrons. The fourth-order valence-electron chi connectivity index (χ4n) is 2.47. The topological polar surface area (TPSA) is 28.2 Å². The predicted molar refractivity (Wildman–Crippen MR) is 79.3 cm³/mol. The summed E-state index contributed by atoms with van der Waals surface area (Å²) >= 11 is 1.83. The second-order valence-electron chi connectivity index (χ2n) is 5.68. The van der Waals surface area contributed by atoms with Crippen molar-refractivity contribution < 1.29 is 0 Å². The van der Waals surface area contributed by atoms with Crippen molar-refractivity contribution >= 4 is 16.5 Å². The van der Waals surface area contributed by atoms with Gasteiger partial charge >= 0.3 is 0 Å². The molecule has 18 heavy (non-hydrogen) atoms. The van der Waals surface area contributed by atoms with E-state index in [1.54, 1.807) is 0 Å². The van der Waals surface area contributed by atoms with Gasteiger partial charge in [-0.1, -0.05) is 26.7 Å². The minimum Gasteiger partial charge on any atom is -0.348 e. The lowest BCUT2D eigenvalue weighted by Crippen LogP contribution is -2.28. The third-order valence-electron chi connectivity index (χ3n) is 3.57. The van der Waals surface area contributed by atoms with Crippen molar-refractivity contribution in [2.45, 2.75) is 52.1 Å². The molecule has 1 heterocycles. The molecule has 0 aliphatic heterocycles. The van der Waals surface area contributed by atoms with E-state index < -0.39 is 0 Å². The summed E-state index contributed by atoms with van der Waals surface area (Å²) in [6.45, 7) is 6.50. The molecule has 0 spiro atoms. The Balaban J connectivity index is 1.85. The molecule has 0 unspecified atom stereocenters. The van der Waals surface area contributed by atoms with Gasteiger partial charge in [0.05, 0.1) is 0 Å². The summed E-state index contributed by atoms with van der Waals surface area (Å²) in [6.07, 6.45) is 7.44. The van der Waals surface area contributed by atoms with Gasteiger partial charge in [0.1, 0.15) is 0 Å². The average Bonchev–Trinajstić information content (AvgIpc) is 2.99. The van der Waals surface area contributed by atoms with Crippen molar-refractivity contribution in [3.05, 3.63) is 11.1 Å². The number of anilines is 1. The Kier molecular flexibility index (Phi) is 5.01. The molecule has 1 N–H and O–H groups in total. The molecule has 4 heteroatoms. The third kappa shape index (κ3) is 3.69. The van der Waals surface area contributed by atoms with E-state index in [0.717, 1.165) is 13.1 Å². The molecule has 1 fully saturated rings. The van der Waals surface area contributed by atoms with Gasteiger partial charge in [0, 0.05) is 30.7 Å². The maximum Gasteiger partial charge on any atom is 0.185 e. The Labute approximate surface area is 115 Å². The van der Waals surface area contributed by atoms with Crippen LogP contribution in [0.25, 0.3) is 0 Å². The van der Waals surface area contributed by atoms with Gasteiger partial charge in [-0.15, -0.1) is 11.3 Å². The van der Waals surface area contributed by atoms with E-state index in [9.17, 15) is 0 Å². The highest BCUT2D eigenvalue weighted by Gasteiger charge is 2.21. The molecule has 0 saturated heterocycles. The van der Waals surface area contributed by atoms with Crippen molar-refractivity contribution in [1.82, 2.24) is 10.3 Å².